The fraction of sp³-hybridized carbons (Fsp3) is 0.125. The Labute approximate surface area is 132 Å². The van der Waals surface area contributed by atoms with E-state index in [0.717, 1.165) is 10.5 Å². The van der Waals surface area contributed by atoms with Crippen LogP contribution in [-0.4, -0.2) is 23.7 Å². The lowest BCUT2D eigenvalue weighted by Crippen LogP contribution is -2.36. The second-order valence-corrected chi connectivity index (χ2v) is 4.93. The van der Waals surface area contributed by atoms with Gasteiger partial charge in [-0.15, -0.1) is 0 Å². The van der Waals surface area contributed by atoms with E-state index in [1.165, 1.54) is 0 Å². The van der Waals surface area contributed by atoms with Crippen LogP contribution >= 0.6 is 11.6 Å². The first-order valence-corrected chi connectivity index (χ1v) is 6.89. The summed E-state index contributed by atoms with van der Waals surface area (Å²) < 4.78 is 5.17. The number of hydrogen-bond acceptors (Lipinski definition) is 3. The number of anilines is 1. The molecule has 0 unspecified atom stereocenters. The predicted octanol–water partition coefficient (Wildman–Crippen LogP) is 3.57. The largest absolute Gasteiger partial charge is 0.480 e. The molecular formula is C16H14ClNO4. The van der Waals surface area contributed by atoms with E-state index >= 15 is 0 Å². The molecule has 0 radical (unpaired) electrons. The van der Waals surface area contributed by atoms with Gasteiger partial charge in [-0.05, 0) is 29.8 Å². The van der Waals surface area contributed by atoms with Gasteiger partial charge in [-0.1, -0.05) is 41.9 Å². The molecule has 1 N–H and O–H groups in total. The molecule has 2 aromatic rings. The number of rotatable bonds is 5. The molecule has 0 atom stereocenters. The standard InChI is InChI=1S/C16H14ClNO4/c17-13-6-8-14(9-7-13)18(10-15(19)20)16(21)22-11-12-4-2-1-3-5-12/h1-9H,10-11H2,(H,19,20). The molecule has 0 bridgehead atoms. The highest BCUT2D eigenvalue weighted by Gasteiger charge is 2.20. The first-order valence-electron chi connectivity index (χ1n) is 6.52. The number of halogens is 1. The van der Waals surface area contributed by atoms with Crippen molar-refractivity contribution in [3.63, 3.8) is 0 Å². The SMILES string of the molecule is O=C(O)CN(C(=O)OCc1ccccc1)c1ccc(Cl)cc1. The Balaban J connectivity index is 2.09. The number of nitrogens with zero attached hydrogens (tertiary/aromatic N) is 1. The number of benzene rings is 2. The summed E-state index contributed by atoms with van der Waals surface area (Å²) >= 11 is 5.79. The van der Waals surface area contributed by atoms with Gasteiger partial charge in [0.05, 0.1) is 0 Å². The average Bonchev–Trinajstić information content (AvgIpc) is 2.52. The van der Waals surface area contributed by atoms with Crippen molar-refractivity contribution in [2.75, 3.05) is 11.4 Å². The Morgan fingerprint density at radius 1 is 1.05 bits per heavy atom. The van der Waals surface area contributed by atoms with Crippen LogP contribution < -0.4 is 4.90 Å². The monoisotopic (exact) mass is 319 g/mol. The summed E-state index contributed by atoms with van der Waals surface area (Å²) in [4.78, 5) is 24.1. The van der Waals surface area contributed by atoms with Crippen LogP contribution in [0.2, 0.25) is 5.02 Å². The van der Waals surface area contributed by atoms with Crippen molar-refractivity contribution in [1.29, 1.82) is 0 Å². The van der Waals surface area contributed by atoms with Gasteiger partial charge in [-0.2, -0.15) is 0 Å². The van der Waals surface area contributed by atoms with E-state index in [1.54, 1.807) is 24.3 Å². The smallest absolute Gasteiger partial charge is 0.415 e. The van der Waals surface area contributed by atoms with Gasteiger partial charge in [0.25, 0.3) is 0 Å². The molecule has 2 rings (SSSR count). The van der Waals surface area contributed by atoms with Gasteiger partial charge in [0.2, 0.25) is 0 Å². The minimum absolute atomic E-state index is 0.0728. The van der Waals surface area contributed by atoms with E-state index in [4.69, 9.17) is 21.4 Å². The molecular weight excluding hydrogens is 306 g/mol. The van der Waals surface area contributed by atoms with Crippen molar-refractivity contribution in [3.05, 3.63) is 65.2 Å². The van der Waals surface area contributed by atoms with Crippen LogP contribution in [0.4, 0.5) is 10.5 Å². The second-order valence-electron chi connectivity index (χ2n) is 4.50. The van der Waals surface area contributed by atoms with Crippen LogP contribution in [0.25, 0.3) is 0 Å². The van der Waals surface area contributed by atoms with Gasteiger partial charge in [-0.25, -0.2) is 4.79 Å². The number of carboxylic acid groups (broad SMARTS) is 1. The van der Waals surface area contributed by atoms with Crippen molar-refractivity contribution in [2.45, 2.75) is 6.61 Å². The average molecular weight is 320 g/mol. The van der Waals surface area contributed by atoms with E-state index in [2.05, 4.69) is 0 Å². The lowest BCUT2D eigenvalue weighted by molar-refractivity contribution is -0.135. The highest BCUT2D eigenvalue weighted by atomic mass is 35.5. The van der Waals surface area contributed by atoms with Gasteiger partial charge >= 0.3 is 12.1 Å². The van der Waals surface area contributed by atoms with Crippen LogP contribution in [0.3, 0.4) is 0 Å². The number of carbonyl (C=O) groups excluding carboxylic acids is 1. The van der Waals surface area contributed by atoms with E-state index in [0.29, 0.717) is 10.7 Å². The van der Waals surface area contributed by atoms with Crippen molar-refractivity contribution in [2.24, 2.45) is 0 Å². The topological polar surface area (TPSA) is 66.8 Å². The lowest BCUT2D eigenvalue weighted by Gasteiger charge is -2.20. The van der Waals surface area contributed by atoms with Crippen molar-refractivity contribution in [3.8, 4) is 0 Å². The van der Waals surface area contributed by atoms with Crippen molar-refractivity contribution < 1.29 is 19.4 Å². The fourth-order valence-electron chi connectivity index (χ4n) is 1.81. The summed E-state index contributed by atoms with van der Waals surface area (Å²) in [5, 5.41) is 9.46. The Hall–Kier alpha value is -2.53. The summed E-state index contributed by atoms with van der Waals surface area (Å²) in [6.07, 6.45) is -0.728. The molecule has 0 aromatic heterocycles. The van der Waals surface area contributed by atoms with Crippen LogP contribution in [0, 0.1) is 0 Å². The maximum Gasteiger partial charge on any atom is 0.415 e. The molecule has 0 saturated carbocycles. The summed E-state index contributed by atoms with van der Waals surface area (Å²) in [6.45, 7) is -0.418. The summed E-state index contributed by atoms with van der Waals surface area (Å²) in [6, 6.07) is 15.4. The van der Waals surface area contributed by atoms with Crippen molar-refractivity contribution >= 4 is 29.4 Å². The normalized spacial score (nSPS) is 10.0. The zero-order valence-corrected chi connectivity index (χ0v) is 12.4. The first-order chi connectivity index (χ1) is 10.6. The first kappa shape index (κ1) is 15.9. The van der Waals surface area contributed by atoms with E-state index in [1.807, 2.05) is 30.3 Å². The minimum Gasteiger partial charge on any atom is -0.480 e. The van der Waals surface area contributed by atoms with E-state index in [-0.39, 0.29) is 6.61 Å². The quantitative estimate of drug-likeness (QED) is 0.915. The molecule has 0 fully saturated rings. The number of carbonyl (C=O) groups is 2. The fourth-order valence-corrected chi connectivity index (χ4v) is 1.94. The zero-order chi connectivity index (χ0) is 15.9. The number of amides is 1. The molecule has 2 aromatic carbocycles. The van der Waals surface area contributed by atoms with Crippen LogP contribution in [0.15, 0.2) is 54.6 Å². The third kappa shape index (κ3) is 4.49. The number of carboxylic acids is 1. The van der Waals surface area contributed by atoms with Crippen LogP contribution in [-0.2, 0) is 16.1 Å². The molecule has 22 heavy (non-hydrogen) atoms. The molecule has 0 aliphatic carbocycles. The third-order valence-corrected chi connectivity index (χ3v) is 3.11. The number of ether oxygens (including phenoxy) is 1. The molecule has 114 valence electrons. The van der Waals surface area contributed by atoms with Crippen LogP contribution in [0.5, 0.6) is 0 Å². The molecule has 6 heteroatoms. The van der Waals surface area contributed by atoms with Gasteiger partial charge in [-0.3, -0.25) is 9.69 Å². The maximum atomic E-state index is 12.1. The molecule has 0 heterocycles. The van der Waals surface area contributed by atoms with E-state index < -0.39 is 18.6 Å². The van der Waals surface area contributed by atoms with E-state index in [9.17, 15) is 9.59 Å². The second kappa shape index (κ2) is 7.47. The molecule has 0 saturated heterocycles. The van der Waals surface area contributed by atoms with Gasteiger partial charge in [0, 0.05) is 10.7 Å². The number of aliphatic carboxylic acids is 1. The molecule has 0 aliphatic rings. The summed E-state index contributed by atoms with van der Waals surface area (Å²) in [5.41, 5.74) is 1.23. The molecule has 0 spiro atoms. The number of hydrogen-bond donors (Lipinski definition) is 1. The summed E-state index contributed by atoms with van der Waals surface area (Å²) in [5.74, 6) is -1.13. The molecule has 0 aliphatic heterocycles. The molecule has 1 amide bonds. The zero-order valence-electron chi connectivity index (χ0n) is 11.6. The predicted molar refractivity (Wildman–Crippen MR) is 83.1 cm³/mol. The van der Waals surface area contributed by atoms with Gasteiger partial charge in [0.15, 0.2) is 0 Å². The van der Waals surface area contributed by atoms with Gasteiger partial charge < -0.3 is 9.84 Å². The highest BCUT2D eigenvalue weighted by molar-refractivity contribution is 6.30. The third-order valence-electron chi connectivity index (χ3n) is 2.86. The Bertz CT molecular complexity index is 643. The Morgan fingerprint density at radius 3 is 2.27 bits per heavy atom. The van der Waals surface area contributed by atoms with Crippen molar-refractivity contribution in [1.82, 2.24) is 0 Å². The Morgan fingerprint density at radius 2 is 1.68 bits per heavy atom. The highest BCUT2D eigenvalue weighted by Crippen LogP contribution is 2.19. The minimum atomic E-state index is -1.13. The molecule has 5 nitrogen and oxygen atoms in total. The summed E-state index contributed by atoms with van der Waals surface area (Å²) in [7, 11) is 0. The van der Waals surface area contributed by atoms with Gasteiger partial charge in [0.1, 0.15) is 13.2 Å². The Kier molecular flexibility index (Phi) is 5.38. The lowest BCUT2D eigenvalue weighted by atomic mass is 10.2. The van der Waals surface area contributed by atoms with Crippen LogP contribution in [0.1, 0.15) is 5.56 Å². The maximum absolute atomic E-state index is 12.1.